The van der Waals surface area contributed by atoms with Gasteiger partial charge >= 0.3 is 0 Å². The molecule has 2 N–H and O–H groups in total. The van der Waals surface area contributed by atoms with Crippen LogP contribution < -0.4 is 10.6 Å². The third-order valence-corrected chi connectivity index (χ3v) is 5.13. The number of hydrogen-bond acceptors (Lipinski definition) is 6. The molecule has 1 saturated heterocycles. The number of halogens is 2. The molecule has 11 heteroatoms. The number of Topliss-reactive ketones (excluding diaryl/α,β-unsaturated/α-hetero) is 1. The standard InChI is InChI=1S/C22H21F2N5O4/c1-13(30)5-6-18(31)28-17-4-2-3-15-16(7-8-26-20(15)17)21(33)27-11-19(32)29-12-22(23,24)9-14(29)10-25/h2-4,7-8,14H,5-6,9,11-12H2,1H3,(H,27,33)(H,28,31)/t14-/m0/s1. The number of nitrogens with one attached hydrogen (secondary N) is 2. The molecule has 0 aliphatic carbocycles. The minimum atomic E-state index is -3.15. The van der Waals surface area contributed by atoms with Crippen LogP contribution in [0.2, 0.25) is 0 Å². The first-order valence-electron chi connectivity index (χ1n) is 10.1. The zero-order chi connectivity index (χ0) is 24.2. The molecular formula is C22H21F2N5O4. The molecule has 33 heavy (non-hydrogen) atoms. The molecule has 0 saturated carbocycles. The van der Waals surface area contributed by atoms with Crippen molar-refractivity contribution in [3.05, 3.63) is 36.0 Å². The van der Waals surface area contributed by atoms with E-state index in [0.717, 1.165) is 4.90 Å². The normalized spacial score (nSPS) is 16.8. The number of alkyl halides is 2. The summed E-state index contributed by atoms with van der Waals surface area (Å²) in [5.74, 6) is -5.07. The maximum Gasteiger partial charge on any atom is 0.268 e. The van der Waals surface area contributed by atoms with Gasteiger partial charge in [-0.15, -0.1) is 0 Å². The van der Waals surface area contributed by atoms with E-state index in [1.807, 2.05) is 0 Å². The molecule has 0 bridgehead atoms. The predicted molar refractivity (Wildman–Crippen MR) is 113 cm³/mol. The molecular weight excluding hydrogens is 436 g/mol. The number of rotatable bonds is 7. The molecule has 1 aromatic carbocycles. The zero-order valence-corrected chi connectivity index (χ0v) is 17.7. The number of ketones is 1. The van der Waals surface area contributed by atoms with Crippen molar-refractivity contribution < 1.29 is 28.0 Å². The lowest BCUT2D eigenvalue weighted by atomic mass is 10.1. The Balaban J connectivity index is 1.73. The van der Waals surface area contributed by atoms with E-state index < -0.39 is 43.3 Å². The van der Waals surface area contributed by atoms with E-state index in [0.29, 0.717) is 16.6 Å². The van der Waals surface area contributed by atoms with Gasteiger partial charge < -0.3 is 20.3 Å². The van der Waals surface area contributed by atoms with Crippen molar-refractivity contribution in [1.29, 1.82) is 5.26 Å². The highest BCUT2D eigenvalue weighted by Gasteiger charge is 2.47. The maximum atomic E-state index is 13.6. The zero-order valence-electron chi connectivity index (χ0n) is 17.7. The molecule has 1 aliphatic heterocycles. The number of nitriles is 1. The van der Waals surface area contributed by atoms with Crippen LogP contribution in [-0.4, -0.2) is 58.4 Å². The van der Waals surface area contributed by atoms with Gasteiger partial charge in [0, 0.05) is 30.8 Å². The van der Waals surface area contributed by atoms with Crippen LogP contribution in [0, 0.1) is 11.3 Å². The fourth-order valence-electron chi connectivity index (χ4n) is 3.52. The summed E-state index contributed by atoms with van der Waals surface area (Å²) in [6.45, 7) is -0.0404. The topological polar surface area (TPSA) is 132 Å². The third kappa shape index (κ3) is 5.65. The molecule has 1 atom stereocenters. The van der Waals surface area contributed by atoms with Crippen molar-refractivity contribution in [2.45, 2.75) is 38.2 Å². The van der Waals surface area contributed by atoms with Crippen molar-refractivity contribution in [2.75, 3.05) is 18.4 Å². The number of fused-ring (bicyclic) bond motifs is 1. The Hall–Kier alpha value is -3.94. The summed E-state index contributed by atoms with van der Waals surface area (Å²) < 4.78 is 27.1. The van der Waals surface area contributed by atoms with Gasteiger partial charge in [0.25, 0.3) is 11.8 Å². The second-order valence-corrected chi connectivity index (χ2v) is 7.72. The number of para-hydroxylation sites is 1. The Morgan fingerprint density at radius 2 is 2.00 bits per heavy atom. The molecule has 0 spiro atoms. The number of benzene rings is 1. The van der Waals surface area contributed by atoms with E-state index in [1.54, 1.807) is 24.3 Å². The summed E-state index contributed by atoms with van der Waals surface area (Å²) in [6, 6.07) is 6.67. The number of likely N-dealkylation sites (tertiary alicyclic amines) is 1. The highest BCUT2D eigenvalue weighted by molar-refractivity contribution is 6.10. The number of carbonyl (C=O) groups excluding carboxylic acids is 4. The molecule has 2 heterocycles. The van der Waals surface area contributed by atoms with E-state index in [1.165, 1.54) is 19.2 Å². The third-order valence-electron chi connectivity index (χ3n) is 5.13. The van der Waals surface area contributed by atoms with E-state index in [4.69, 9.17) is 5.26 Å². The number of aromatic nitrogens is 1. The summed E-state index contributed by atoms with van der Waals surface area (Å²) in [6.07, 6.45) is 0.727. The predicted octanol–water partition coefficient (Wildman–Crippen LogP) is 2.03. The second-order valence-electron chi connectivity index (χ2n) is 7.72. The fraction of sp³-hybridized carbons (Fsp3) is 0.364. The van der Waals surface area contributed by atoms with Crippen LogP contribution in [0.4, 0.5) is 14.5 Å². The quantitative estimate of drug-likeness (QED) is 0.654. The lowest BCUT2D eigenvalue weighted by Gasteiger charge is -2.19. The van der Waals surface area contributed by atoms with Crippen molar-refractivity contribution >= 4 is 40.1 Å². The van der Waals surface area contributed by atoms with Crippen LogP contribution in [0.5, 0.6) is 0 Å². The molecule has 0 unspecified atom stereocenters. The molecule has 3 amide bonds. The van der Waals surface area contributed by atoms with Crippen molar-refractivity contribution in [3.8, 4) is 6.07 Å². The van der Waals surface area contributed by atoms with Crippen LogP contribution in [0.3, 0.4) is 0 Å². The molecule has 172 valence electrons. The highest BCUT2D eigenvalue weighted by atomic mass is 19.3. The number of amides is 3. The summed E-state index contributed by atoms with van der Waals surface area (Å²) in [5.41, 5.74) is 0.843. The van der Waals surface area contributed by atoms with Gasteiger partial charge in [0.15, 0.2) is 0 Å². The lowest BCUT2D eigenvalue weighted by Crippen LogP contribution is -2.43. The molecule has 9 nitrogen and oxygen atoms in total. The van der Waals surface area contributed by atoms with Gasteiger partial charge in [-0.25, -0.2) is 8.78 Å². The lowest BCUT2D eigenvalue weighted by molar-refractivity contribution is -0.131. The molecule has 1 fully saturated rings. The van der Waals surface area contributed by atoms with Crippen molar-refractivity contribution in [3.63, 3.8) is 0 Å². The van der Waals surface area contributed by atoms with E-state index in [-0.39, 0.29) is 30.1 Å². The summed E-state index contributed by atoms with van der Waals surface area (Å²) in [7, 11) is 0. The van der Waals surface area contributed by atoms with E-state index >= 15 is 0 Å². The molecule has 1 aromatic heterocycles. The number of hydrogen-bond donors (Lipinski definition) is 2. The van der Waals surface area contributed by atoms with E-state index in [2.05, 4.69) is 15.6 Å². The minimum Gasteiger partial charge on any atom is -0.343 e. The average Bonchev–Trinajstić information content (AvgIpc) is 3.10. The number of nitrogens with zero attached hydrogens (tertiary/aromatic N) is 3. The van der Waals surface area contributed by atoms with Crippen LogP contribution in [-0.2, 0) is 14.4 Å². The smallest absolute Gasteiger partial charge is 0.268 e. The Morgan fingerprint density at radius 1 is 1.24 bits per heavy atom. The monoisotopic (exact) mass is 457 g/mol. The van der Waals surface area contributed by atoms with Gasteiger partial charge in [-0.1, -0.05) is 12.1 Å². The minimum absolute atomic E-state index is 0.00719. The van der Waals surface area contributed by atoms with Crippen LogP contribution in [0.15, 0.2) is 30.5 Å². The second kappa shape index (κ2) is 9.68. The number of anilines is 1. The molecule has 3 rings (SSSR count). The largest absolute Gasteiger partial charge is 0.343 e. The number of carbonyl (C=O) groups is 4. The molecule has 0 radical (unpaired) electrons. The Bertz CT molecular complexity index is 1160. The average molecular weight is 457 g/mol. The maximum absolute atomic E-state index is 13.6. The van der Waals surface area contributed by atoms with Crippen LogP contribution >= 0.6 is 0 Å². The first-order valence-corrected chi connectivity index (χ1v) is 10.1. The first kappa shape index (κ1) is 23.7. The van der Waals surface area contributed by atoms with Gasteiger partial charge in [0.2, 0.25) is 11.8 Å². The highest BCUT2D eigenvalue weighted by Crippen LogP contribution is 2.31. The van der Waals surface area contributed by atoms with E-state index in [9.17, 15) is 28.0 Å². The van der Waals surface area contributed by atoms with Crippen molar-refractivity contribution in [1.82, 2.24) is 15.2 Å². The van der Waals surface area contributed by atoms with Gasteiger partial charge in [-0.2, -0.15) is 5.26 Å². The molecule has 2 aromatic rings. The SMILES string of the molecule is CC(=O)CCC(=O)Nc1cccc2c(C(=O)NCC(=O)N3CC(F)(F)C[C@H]3C#N)ccnc12. The first-order chi connectivity index (χ1) is 15.6. The fourth-order valence-corrected chi connectivity index (χ4v) is 3.52. The Labute approximate surface area is 187 Å². The molecule has 1 aliphatic rings. The van der Waals surface area contributed by atoms with Crippen LogP contribution in [0.1, 0.15) is 36.5 Å². The van der Waals surface area contributed by atoms with Gasteiger partial charge in [-0.05, 0) is 19.1 Å². The Kier molecular flexibility index (Phi) is 6.96. The summed E-state index contributed by atoms with van der Waals surface area (Å²) >= 11 is 0. The summed E-state index contributed by atoms with van der Waals surface area (Å²) in [5, 5.41) is 14.5. The van der Waals surface area contributed by atoms with Crippen molar-refractivity contribution in [2.24, 2.45) is 0 Å². The Morgan fingerprint density at radius 3 is 2.70 bits per heavy atom. The summed E-state index contributed by atoms with van der Waals surface area (Å²) in [4.78, 5) is 53.2. The van der Waals surface area contributed by atoms with Gasteiger partial charge in [0.1, 0.15) is 11.8 Å². The van der Waals surface area contributed by atoms with Gasteiger partial charge in [-0.3, -0.25) is 19.4 Å². The van der Waals surface area contributed by atoms with Crippen LogP contribution in [0.25, 0.3) is 10.9 Å². The van der Waals surface area contributed by atoms with Gasteiger partial charge in [0.05, 0.1) is 35.9 Å². The number of pyridine rings is 1.